The van der Waals surface area contributed by atoms with Gasteiger partial charge in [-0.1, -0.05) is 18.6 Å². The maximum Gasteiger partial charge on any atom is 0.134 e. The van der Waals surface area contributed by atoms with Gasteiger partial charge in [-0.3, -0.25) is 4.90 Å². The Morgan fingerprint density at radius 2 is 2.00 bits per heavy atom. The van der Waals surface area contributed by atoms with Gasteiger partial charge < -0.3 is 4.48 Å². The van der Waals surface area contributed by atoms with Crippen molar-refractivity contribution in [1.82, 2.24) is 4.90 Å². The summed E-state index contributed by atoms with van der Waals surface area (Å²) in [4.78, 5) is 2.58. The van der Waals surface area contributed by atoms with Crippen molar-refractivity contribution in [3.05, 3.63) is 11.6 Å². The third-order valence-corrected chi connectivity index (χ3v) is 2.71. The molecule has 2 nitrogen and oxygen atoms in total. The summed E-state index contributed by atoms with van der Waals surface area (Å²) in [6, 6.07) is 0. The zero-order valence-corrected chi connectivity index (χ0v) is 10.2. The normalized spacial score (nSPS) is 20.4. The van der Waals surface area contributed by atoms with Crippen LogP contribution in [0.15, 0.2) is 11.6 Å². The molecule has 0 atom stereocenters. The number of rotatable bonds is 3. The minimum atomic E-state index is 1.04. The largest absolute Gasteiger partial charge is 0.318 e. The SMILES string of the molecule is CCC1=CCCN(C[N+](C)(C)C)CC1. The lowest BCUT2D eigenvalue weighted by Gasteiger charge is -2.31. The van der Waals surface area contributed by atoms with Crippen molar-refractivity contribution in [1.29, 1.82) is 0 Å². The molecule has 82 valence electrons. The smallest absolute Gasteiger partial charge is 0.134 e. The van der Waals surface area contributed by atoms with E-state index in [9.17, 15) is 0 Å². The van der Waals surface area contributed by atoms with Crippen molar-refractivity contribution in [2.45, 2.75) is 26.2 Å². The third kappa shape index (κ3) is 4.25. The Morgan fingerprint density at radius 1 is 1.29 bits per heavy atom. The second-order valence-electron chi connectivity index (χ2n) is 5.30. The molecule has 1 heterocycles. The quantitative estimate of drug-likeness (QED) is 0.494. The van der Waals surface area contributed by atoms with Crippen LogP contribution < -0.4 is 0 Å². The van der Waals surface area contributed by atoms with E-state index < -0.39 is 0 Å². The molecule has 0 aliphatic carbocycles. The summed E-state index contributed by atoms with van der Waals surface area (Å²) in [6.07, 6.45) is 6.19. The Hall–Kier alpha value is -0.340. The molecule has 2 heteroatoms. The van der Waals surface area contributed by atoms with Crippen molar-refractivity contribution < 1.29 is 4.48 Å². The van der Waals surface area contributed by atoms with Crippen LogP contribution in [0, 0.1) is 0 Å². The third-order valence-electron chi connectivity index (χ3n) is 2.71. The molecule has 0 amide bonds. The molecule has 0 saturated carbocycles. The fourth-order valence-corrected chi connectivity index (χ4v) is 2.03. The fraction of sp³-hybridized carbons (Fsp3) is 0.833. The molecule has 0 aromatic carbocycles. The average molecular weight is 197 g/mol. The first kappa shape index (κ1) is 11.7. The molecule has 0 spiro atoms. The van der Waals surface area contributed by atoms with E-state index in [4.69, 9.17) is 0 Å². The standard InChI is InChI=1S/C12H25N2/c1-5-12-7-6-9-13(10-8-12)11-14(2,3)4/h7H,5-6,8-11H2,1-4H3/q+1. The van der Waals surface area contributed by atoms with Crippen LogP contribution in [0.2, 0.25) is 0 Å². The minimum absolute atomic E-state index is 1.04. The summed E-state index contributed by atoms with van der Waals surface area (Å²) in [5.74, 6) is 0. The molecule has 0 bridgehead atoms. The van der Waals surface area contributed by atoms with E-state index in [0.717, 1.165) is 4.48 Å². The van der Waals surface area contributed by atoms with Crippen molar-refractivity contribution in [2.75, 3.05) is 40.9 Å². The molecule has 0 aromatic heterocycles. The van der Waals surface area contributed by atoms with Crippen LogP contribution in [-0.4, -0.2) is 50.3 Å². The number of quaternary nitrogens is 1. The number of nitrogens with zero attached hydrogens (tertiary/aromatic N) is 2. The maximum absolute atomic E-state index is 2.58. The summed E-state index contributed by atoms with van der Waals surface area (Å²) in [6.45, 7) is 5.92. The van der Waals surface area contributed by atoms with Crippen LogP contribution in [0.4, 0.5) is 0 Å². The molecule has 1 rings (SSSR count). The number of hydrogen-bond donors (Lipinski definition) is 0. The van der Waals surface area contributed by atoms with Crippen molar-refractivity contribution >= 4 is 0 Å². The summed E-state index contributed by atoms with van der Waals surface area (Å²) >= 11 is 0. The van der Waals surface area contributed by atoms with Gasteiger partial charge in [-0.2, -0.15) is 0 Å². The minimum Gasteiger partial charge on any atom is -0.318 e. The molecule has 0 N–H and O–H groups in total. The van der Waals surface area contributed by atoms with Crippen LogP contribution in [0.5, 0.6) is 0 Å². The predicted octanol–water partition coefficient (Wildman–Crippen LogP) is 2.08. The number of hydrogen-bond acceptors (Lipinski definition) is 1. The Morgan fingerprint density at radius 3 is 2.57 bits per heavy atom. The highest BCUT2D eigenvalue weighted by molar-refractivity contribution is 5.03. The Labute approximate surface area is 88.8 Å². The van der Waals surface area contributed by atoms with Gasteiger partial charge in [-0.25, -0.2) is 0 Å². The average Bonchev–Trinajstić information content (AvgIpc) is 2.27. The molecule has 14 heavy (non-hydrogen) atoms. The Kier molecular flexibility index (Phi) is 4.14. The van der Waals surface area contributed by atoms with Crippen molar-refractivity contribution in [3.63, 3.8) is 0 Å². The first-order chi connectivity index (χ1) is 6.51. The van der Waals surface area contributed by atoms with Crippen LogP contribution in [0.3, 0.4) is 0 Å². The van der Waals surface area contributed by atoms with E-state index in [2.05, 4.69) is 39.0 Å². The van der Waals surface area contributed by atoms with Gasteiger partial charge in [0.15, 0.2) is 0 Å². The molecule has 0 radical (unpaired) electrons. The zero-order chi connectivity index (χ0) is 10.6. The van der Waals surface area contributed by atoms with Gasteiger partial charge in [0.1, 0.15) is 6.67 Å². The van der Waals surface area contributed by atoms with E-state index in [-0.39, 0.29) is 0 Å². The Balaban J connectivity index is 2.39. The molecule has 1 aliphatic rings. The summed E-state index contributed by atoms with van der Waals surface area (Å²) < 4.78 is 1.04. The highest BCUT2D eigenvalue weighted by Gasteiger charge is 2.16. The van der Waals surface area contributed by atoms with Crippen molar-refractivity contribution in [2.24, 2.45) is 0 Å². The molecule has 1 aliphatic heterocycles. The summed E-state index contributed by atoms with van der Waals surface area (Å²) in [7, 11) is 6.79. The van der Waals surface area contributed by atoms with Gasteiger partial charge >= 0.3 is 0 Å². The van der Waals surface area contributed by atoms with E-state index in [1.165, 1.54) is 39.0 Å². The van der Waals surface area contributed by atoms with Gasteiger partial charge in [0.2, 0.25) is 0 Å². The molecule has 0 aromatic rings. The first-order valence-electron chi connectivity index (χ1n) is 5.72. The molecular formula is C12H25N2+. The van der Waals surface area contributed by atoms with Gasteiger partial charge in [0.25, 0.3) is 0 Å². The van der Waals surface area contributed by atoms with E-state index in [1.54, 1.807) is 5.57 Å². The topological polar surface area (TPSA) is 3.24 Å². The molecular weight excluding hydrogens is 172 g/mol. The van der Waals surface area contributed by atoms with Crippen LogP contribution >= 0.6 is 0 Å². The lowest BCUT2D eigenvalue weighted by Crippen LogP contribution is -2.45. The van der Waals surface area contributed by atoms with Gasteiger partial charge in [-0.05, 0) is 19.3 Å². The van der Waals surface area contributed by atoms with Gasteiger partial charge in [0, 0.05) is 13.1 Å². The molecule has 0 saturated heterocycles. The first-order valence-corrected chi connectivity index (χ1v) is 5.72. The van der Waals surface area contributed by atoms with Crippen LogP contribution in [0.25, 0.3) is 0 Å². The highest BCUT2D eigenvalue weighted by Crippen LogP contribution is 2.14. The second-order valence-corrected chi connectivity index (χ2v) is 5.30. The monoisotopic (exact) mass is 197 g/mol. The molecule has 0 fully saturated rings. The lowest BCUT2D eigenvalue weighted by atomic mass is 10.1. The Bertz CT molecular complexity index is 201. The van der Waals surface area contributed by atoms with Gasteiger partial charge in [0.05, 0.1) is 21.1 Å². The zero-order valence-electron chi connectivity index (χ0n) is 10.2. The lowest BCUT2D eigenvalue weighted by molar-refractivity contribution is -0.881. The second kappa shape index (κ2) is 4.94. The van der Waals surface area contributed by atoms with E-state index >= 15 is 0 Å². The maximum atomic E-state index is 2.58. The van der Waals surface area contributed by atoms with Gasteiger partial charge in [-0.15, -0.1) is 0 Å². The van der Waals surface area contributed by atoms with Crippen LogP contribution in [0.1, 0.15) is 26.2 Å². The van der Waals surface area contributed by atoms with Crippen molar-refractivity contribution in [3.8, 4) is 0 Å². The highest BCUT2D eigenvalue weighted by atomic mass is 15.4. The fourth-order valence-electron chi connectivity index (χ4n) is 2.03. The summed E-state index contributed by atoms with van der Waals surface area (Å²) in [5.41, 5.74) is 1.65. The molecule has 0 unspecified atom stereocenters. The van der Waals surface area contributed by atoms with Crippen LogP contribution in [-0.2, 0) is 0 Å². The summed E-state index contributed by atoms with van der Waals surface area (Å²) in [5, 5.41) is 0. The predicted molar refractivity (Wildman–Crippen MR) is 62.1 cm³/mol. The van der Waals surface area contributed by atoms with E-state index in [0.29, 0.717) is 0 Å². The van der Waals surface area contributed by atoms with E-state index in [1.807, 2.05) is 0 Å².